The van der Waals surface area contributed by atoms with Gasteiger partial charge in [0, 0.05) is 15.2 Å². The molecule has 0 unspecified atom stereocenters. The molecule has 0 saturated heterocycles. The summed E-state index contributed by atoms with van der Waals surface area (Å²) in [5.74, 6) is 0.937. The number of hydrogen-bond donors (Lipinski definition) is 0. The Hall–Kier alpha value is -2.06. The molecule has 2 aromatic rings. The van der Waals surface area contributed by atoms with Crippen molar-refractivity contribution in [1.29, 1.82) is 0 Å². The van der Waals surface area contributed by atoms with Gasteiger partial charge in [0.15, 0.2) is 17.2 Å². The number of ether oxygens (including phenoxy) is 3. The van der Waals surface area contributed by atoms with Gasteiger partial charge in [0.05, 0.1) is 5.02 Å². The van der Waals surface area contributed by atoms with E-state index in [9.17, 15) is 4.79 Å². The zero-order chi connectivity index (χ0) is 17.6. The number of rotatable bonds is 2. The maximum Gasteiger partial charge on any atom is 0.363 e. The first-order chi connectivity index (χ1) is 12.0. The normalized spacial score (nSPS) is 17.0. The number of nitrogens with zero attached hydrogens (tertiary/aromatic N) is 1. The zero-order valence-electron chi connectivity index (χ0n) is 13.0. The van der Waals surface area contributed by atoms with Crippen LogP contribution in [0.4, 0.5) is 0 Å². The molecule has 2 aromatic carbocycles. The molecule has 25 heavy (non-hydrogen) atoms. The molecule has 5 nitrogen and oxygen atoms in total. The highest BCUT2D eigenvalue weighted by molar-refractivity contribution is 14.1. The third kappa shape index (κ3) is 3.11. The van der Waals surface area contributed by atoms with Crippen LogP contribution in [-0.4, -0.2) is 18.7 Å². The number of esters is 1. The summed E-state index contributed by atoms with van der Waals surface area (Å²) in [5.41, 5.74) is 2.65. The van der Waals surface area contributed by atoms with Crippen LogP contribution in [0.25, 0.3) is 6.08 Å². The van der Waals surface area contributed by atoms with Gasteiger partial charge in [-0.25, -0.2) is 9.79 Å². The number of carbonyl (C=O) groups excluding carboxylic acids is 1. The smallest absolute Gasteiger partial charge is 0.363 e. The summed E-state index contributed by atoms with van der Waals surface area (Å²) < 4.78 is 17.0. The van der Waals surface area contributed by atoms with Gasteiger partial charge in [-0.3, -0.25) is 0 Å². The predicted molar refractivity (Wildman–Crippen MR) is 102 cm³/mol. The molecule has 0 saturated carbocycles. The van der Waals surface area contributed by atoms with Gasteiger partial charge in [-0.1, -0.05) is 11.6 Å². The van der Waals surface area contributed by atoms with Crippen molar-refractivity contribution in [1.82, 2.24) is 0 Å². The van der Waals surface area contributed by atoms with Crippen LogP contribution >= 0.6 is 34.2 Å². The minimum Gasteiger partial charge on any atom is -0.454 e. The topological polar surface area (TPSA) is 57.1 Å². The number of aliphatic imine (C=N–C) groups is 1. The summed E-state index contributed by atoms with van der Waals surface area (Å²) in [6.07, 6.45) is 1.58. The van der Waals surface area contributed by atoms with Crippen molar-refractivity contribution >= 4 is 52.1 Å². The Morgan fingerprint density at radius 2 is 1.96 bits per heavy atom. The molecule has 0 atom stereocenters. The molecule has 2 heterocycles. The standard InChI is InChI=1S/C18H11ClINO4/c1-9-4-10(2-3-13(9)20)17-21-14(18(22)25-17)5-11-6-15-16(7-12(11)19)24-8-23-15/h2-7H,8H2,1H3/b14-5-. The summed E-state index contributed by atoms with van der Waals surface area (Å²) in [7, 11) is 0. The fourth-order valence-corrected chi connectivity index (χ4v) is 3.04. The van der Waals surface area contributed by atoms with E-state index in [0.29, 0.717) is 22.1 Å². The Morgan fingerprint density at radius 3 is 2.72 bits per heavy atom. The van der Waals surface area contributed by atoms with Gasteiger partial charge >= 0.3 is 5.97 Å². The Morgan fingerprint density at radius 1 is 1.20 bits per heavy atom. The van der Waals surface area contributed by atoms with Crippen molar-refractivity contribution in [2.24, 2.45) is 4.99 Å². The molecule has 0 fully saturated rings. The Labute approximate surface area is 162 Å². The number of aryl methyl sites for hydroxylation is 1. The number of hydrogen-bond acceptors (Lipinski definition) is 5. The van der Waals surface area contributed by atoms with E-state index >= 15 is 0 Å². The average Bonchev–Trinajstić information content (AvgIpc) is 3.17. The van der Waals surface area contributed by atoms with Crippen molar-refractivity contribution in [2.45, 2.75) is 6.92 Å². The van der Waals surface area contributed by atoms with Gasteiger partial charge in [0.25, 0.3) is 0 Å². The number of fused-ring (bicyclic) bond motifs is 1. The van der Waals surface area contributed by atoms with E-state index < -0.39 is 5.97 Å². The highest BCUT2D eigenvalue weighted by Crippen LogP contribution is 2.38. The Bertz CT molecular complexity index is 968. The van der Waals surface area contributed by atoms with Crippen molar-refractivity contribution in [3.05, 3.63) is 61.3 Å². The third-order valence-corrected chi connectivity index (χ3v) is 5.35. The average molecular weight is 468 g/mol. The van der Waals surface area contributed by atoms with E-state index in [0.717, 1.165) is 14.7 Å². The van der Waals surface area contributed by atoms with Crippen LogP contribution in [0.1, 0.15) is 16.7 Å². The lowest BCUT2D eigenvalue weighted by molar-refractivity contribution is -0.129. The van der Waals surface area contributed by atoms with Gasteiger partial charge < -0.3 is 14.2 Å². The number of cyclic esters (lactones) is 1. The van der Waals surface area contributed by atoms with E-state index in [2.05, 4.69) is 27.6 Å². The van der Waals surface area contributed by atoms with Gasteiger partial charge in [0.1, 0.15) is 0 Å². The molecule has 0 bridgehead atoms. The van der Waals surface area contributed by atoms with Crippen molar-refractivity contribution in [3.63, 3.8) is 0 Å². The molecule has 0 N–H and O–H groups in total. The van der Waals surface area contributed by atoms with Gasteiger partial charge in [0.2, 0.25) is 12.7 Å². The maximum atomic E-state index is 12.2. The summed E-state index contributed by atoms with van der Waals surface area (Å²) in [6.45, 7) is 2.15. The SMILES string of the molecule is Cc1cc(C2=N/C(=C\c3cc4c(cc3Cl)OCO4)C(=O)O2)ccc1I. The molecule has 0 aromatic heterocycles. The summed E-state index contributed by atoms with van der Waals surface area (Å²) in [4.78, 5) is 16.5. The van der Waals surface area contributed by atoms with E-state index in [1.807, 2.05) is 25.1 Å². The quantitative estimate of drug-likeness (QED) is 0.375. The molecule has 4 rings (SSSR count). The third-order valence-electron chi connectivity index (χ3n) is 3.81. The molecule has 0 amide bonds. The fraction of sp³-hybridized carbons (Fsp3) is 0.111. The number of halogens is 2. The Balaban J connectivity index is 1.71. The van der Waals surface area contributed by atoms with Gasteiger partial charge in [-0.15, -0.1) is 0 Å². The van der Waals surface area contributed by atoms with E-state index in [1.165, 1.54) is 0 Å². The molecule has 7 heteroatoms. The highest BCUT2D eigenvalue weighted by atomic mass is 127. The molecule has 0 radical (unpaired) electrons. The number of benzene rings is 2. The number of carbonyl (C=O) groups is 1. The first kappa shape index (κ1) is 16.4. The second-order valence-electron chi connectivity index (χ2n) is 5.53. The van der Waals surface area contributed by atoms with Crippen molar-refractivity contribution in [2.75, 3.05) is 6.79 Å². The Kier molecular flexibility index (Phi) is 4.16. The highest BCUT2D eigenvalue weighted by Gasteiger charge is 2.25. The van der Waals surface area contributed by atoms with Gasteiger partial charge in [-0.2, -0.15) is 0 Å². The van der Waals surface area contributed by atoms with E-state index in [-0.39, 0.29) is 18.4 Å². The molecule has 0 aliphatic carbocycles. The van der Waals surface area contributed by atoms with Crippen LogP contribution in [0.3, 0.4) is 0 Å². The molecular weight excluding hydrogens is 457 g/mol. The van der Waals surface area contributed by atoms with Crippen molar-refractivity contribution in [3.8, 4) is 11.5 Å². The largest absolute Gasteiger partial charge is 0.454 e. The minimum atomic E-state index is -0.514. The van der Waals surface area contributed by atoms with E-state index in [4.69, 9.17) is 25.8 Å². The lowest BCUT2D eigenvalue weighted by Gasteiger charge is -2.02. The predicted octanol–water partition coefficient (Wildman–Crippen LogP) is 4.33. The lowest BCUT2D eigenvalue weighted by Crippen LogP contribution is -2.05. The zero-order valence-corrected chi connectivity index (χ0v) is 15.9. The summed E-state index contributed by atoms with van der Waals surface area (Å²) in [6, 6.07) is 9.14. The molecule has 126 valence electrons. The van der Waals surface area contributed by atoms with Crippen LogP contribution in [0.15, 0.2) is 41.0 Å². The van der Waals surface area contributed by atoms with Crippen LogP contribution in [0.5, 0.6) is 11.5 Å². The summed E-state index contributed by atoms with van der Waals surface area (Å²) in [5, 5.41) is 0.443. The van der Waals surface area contributed by atoms with Crippen LogP contribution in [-0.2, 0) is 9.53 Å². The molecule has 2 aliphatic rings. The molecular formula is C18H11ClINO4. The van der Waals surface area contributed by atoms with Gasteiger partial charge in [-0.05, 0) is 71.0 Å². The first-order valence-corrected chi connectivity index (χ1v) is 8.85. The molecule has 2 aliphatic heterocycles. The second-order valence-corrected chi connectivity index (χ2v) is 7.10. The minimum absolute atomic E-state index is 0.155. The maximum absolute atomic E-state index is 12.2. The molecule has 0 spiro atoms. The second kappa shape index (κ2) is 6.34. The summed E-state index contributed by atoms with van der Waals surface area (Å²) >= 11 is 8.49. The monoisotopic (exact) mass is 467 g/mol. The van der Waals surface area contributed by atoms with E-state index in [1.54, 1.807) is 18.2 Å². The van der Waals surface area contributed by atoms with Crippen molar-refractivity contribution < 1.29 is 19.0 Å². The lowest BCUT2D eigenvalue weighted by atomic mass is 10.1. The first-order valence-electron chi connectivity index (χ1n) is 7.39. The van der Waals surface area contributed by atoms with Crippen LogP contribution in [0, 0.1) is 10.5 Å². The van der Waals surface area contributed by atoms with Crippen LogP contribution in [0.2, 0.25) is 5.02 Å². The van der Waals surface area contributed by atoms with Crippen LogP contribution < -0.4 is 9.47 Å². The fourth-order valence-electron chi connectivity index (χ4n) is 2.50.